The number of halogens is 2. The second-order valence-corrected chi connectivity index (χ2v) is 4.95. The molecule has 7 heteroatoms. The zero-order valence-corrected chi connectivity index (χ0v) is 11.2. The van der Waals surface area contributed by atoms with Crippen LogP contribution in [0.15, 0.2) is 23.4 Å². The van der Waals surface area contributed by atoms with Crippen molar-refractivity contribution in [3.05, 3.63) is 40.4 Å². The first-order valence-electron chi connectivity index (χ1n) is 5.18. The number of aliphatic hydroxyl groups is 1. The van der Waals surface area contributed by atoms with Gasteiger partial charge in [-0.3, -0.25) is 0 Å². The van der Waals surface area contributed by atoms with Gasteiger partial charge in [-0.2, -0.15) is 0 Å². The SMILES string of the molecule is Cn1c(CO)nnc1SCc1c(F)cccc1Cl. The van der Waals surface area contributed by atoms with Crippen LogP contribution < -0.4 is 0 Å². The molecule has 0 aliphatic rings. The van der Waals surface area contributed by atoms with Crippen molar-refractivity contribution in [1.29, 1.82) is 0 Å². The molecule has 4 nitrogen and oxygen atoms in total. The van der Waals surface area contributed by atoms with Gasteiger partial charge >= 0.3 is 0 Å². The van der Waals surface area contributed by atoms with E-state index in [2.05, 4.69) is 10.2 Å². The smallest absolute Gasteiger partial charge is 0.191 e. The molecule has 1 heterocycles. The van der Waals surface area contributed by atoms with Crippen molar-refractivity contribution in [2.75, 3.05) is 0 Å². The molecule has 0 aliphatic carbocycles. The van der Waals surface area contributed by atoms with Crippen LogP contribution in [0.25, 0.3) is 0 Å². The van der Waals surface area contributed by atoms with Crippen molar-refractivity contribution in [2.24, 2.45) is 7.05 Å². The summed E-state index contributed by atoms with van der Waals surface area (Å²) in [4.78, 5) is 0. The summed E-state index contributed by atoms with van der Waals surface area (Å²) in [5, 5.41) is 17.7. The molecule has 0 saturated heterocycles. The molecule has 1 N–H and O–H groups in total. The van der Waals surface area contributed by atoms with Crippen molar-refractivity contribution in [3.63, 3.8) is 0 Å². The number of rotatable bonds is 4. The maximum Gasteiger partial charge on any atom is 0.191 e. The Morgan fingerprint density at radius 3 is 2.83 bits per heavy atom. The minimum atomic E-state index is -0.334. The maximum atomic E-state index is 13.5. The summed E-state index contributed by atoms with van der Waals surface area (Å²) >= 11 is 7.25. The Labute approximate surface area is 113 Å². The number of thioether (sulfide) groups is 1. The van der Waals surface area contributed by atoms with Gasteiger partial charge in [0.15, 0.2) is 11.0 Å². The molecule has 0 bridgehead atoms. The molecule has 1 aromatic heterocycles. The molecule has 2 aromatic rings. The highest BCUT2D eigenvalue weighted by molar-refractivity contribution is 7.98. The molecular formula is C11H11ClFN3OS. The molecule has 0 amide bonds. The van der Waals surface area contributed by atoms with E-state index in [1.54, 1.807) is 23.7 Å². The summed E-state index contributed by atoms with van der Waals surface area (Å²) in [7, 11) is 1.75. The molecule has 0 atom stereocenters. The lowest BCUT2D eigenvalue weighted by atomic mass is 10.2. The van der Waals surface area contributed by atoms with Gasteiger partial charge in [0.1, 0.15) is 12.4 Å². The monoisotopic (exact) mass is 287 g/mol. The minimum absolute atomic E-state index is 0.176. The summed E-state index contributed by atoms with van der Waals surface area (Å²) < 4.78 is 15.2. The van der Waals surface area contributed by atoms with Crippen molar-refractivity contribution in [3.8, 4) is 0 Å². The van der Waals surface area contributed by atoms with E-state index in [1.165, 1.54) is 17.8 Å². The van der Waals surface area contributed by atoms with Gasteiger partial charge in [-0.25, -0.2) is 4.39 Å². The zero-order valence-electron chi connectivity index (χ0n) is 9.60. The second kappa shape index (κ2) is 5.69. The summed E-state index contributed by atoms with van der Waals surface area (Å²) in [5.74, 6) is 0.500. The molecule has 0 fully saturated rings. The normalized spacial score (nSPS) is 10.9. The van der Waals surface area contributed by atoms with Crippen molar-refractivity contribution in [2.45, 2.75) is 17.5 Å². The predicted molar refractivity (Wildman–Crippen MR) is 67.9 cm³/mol. The van der Waals surface area contributed by atoms with Crippen LogP contribution in [0.1, 0.15) is 11.4 Å². The zero-order chi connectivity index (χ0) is 13.1. The van der Waals surface area contributed by atoms with E-state index in [0.717, 1.165) is 0 Å². The van der Waals surface area contributed by atoms with Gasteiger partial charge in [0.25, 0.3) is 0 Å². The highest BCUT2D eigenvalue weighted by Gasteiger charge is 2.11. The van der Waals surface area contributed by atoms with E-state index < -0.39 is 0 Å². The number of hydrogen-bond acceptors (Lipinski definition) is 4. The molecule has 2 rings (SSSR count). The number of benzene rings is 1. The van der Waals surface area contributed by atoms with Crippen LogP contribution in [0.5, 0.6) is 0 Å². The lowest BCUT2D eigenvalue weighted by molar-refractivity contribution is 0.266. The van der Waals surface area contributed by atoms with Crippen LogP contribution in [0.4, 0.5) is 4.39 Å². The first-order chi connectivity index (χ1) is 8.63. The standard InChI is InChI=1S/C11H11ClFN3OS/c1-16-10(5-17)14-15-11(16)18-6-7-8(12)3-2-4-9(7)13/h2-4,17H,5-6H2,1H3. The Morgan fingerprint density at radius 1 is 1.44 bits per heavy atom. The number of hydrogen-bond donors (Lipinski definition) is 1. The third kappa shape index (κ3) is 2.66. The molecule has 1 aromatic carbocycles. The van der Waals surface area contributed by atoms with Crippen molar-refractivity contribution < 1.29 is 9.50 Å². The van der Waals surface area contributed by atoms with E-state index in [9.17, 15) is 4.39 Å². The van der Waals surface area contributed by atoms with Crippen molar-refractivity contribution >= 4 is 23.4 Å². The van der Waals surface area contributed by atoms with E-state index in [1.807, 2.05) is 0 Å². The number of aliphatic hydroxyl groups excluding tert-OH is 1. The summed E-state index contributed by atoms with van der Waals surface area (Å²) in [5.41, 5.74) is 0.442. The maximum absolute atomic E-state index is 13.5. The third-order valence-electron chi connectivity index (χ3n) is 2.47. The van der Waals surface area contributed by atoms with Crippen LogP contribution in [0, 0.1) is 5.82 Å². The first-order valence-corrected chi connectivity index (χ1v) is 6.54. The molecule has 0 unspecified atom stereocenters. The Bertz CT molecular complexity index is 541. The van der Waals surface area contributed by atoms with Gasteiger partial charge < -0.3 is 9.67 Å². The third-order valence-corrected chi connectivity index (χ3v) is 3.87. The van der Waals surface area contributed by atoms with Gasteiger partial charge in [0.2, 0.25) is 0 Å². The second-order valence-electron chi connectivity index (χ2n) is 3.60. The van der Waals surface area contributed by atoms with Crippen LogP contribution in [0.3, 0.4) is 0 Å². The Kier molecular flexibility index (Phi) is 4.21. The van der Waals surface area contributed by atoms with Crippen LogP contribution in [0.2, 0.25) is 5.02 Å². The van der Waals surface area contributed by atoms with Gasteiger partial charge in [-0.15, -0.1) is 10.2 Å². The van der Waals surface area contributed by atoms with Gasteiger partial charge in [0, 0.05) is 23.4 Å². The number of aromatic nitrogens is 3. The Morgan fingerprint density at radius 2 is 2.22 bits per heavy atom. The van der Waals surface area contributed by atoms with Gasteiger partial charge in [0.05, 0.1) is 0 Å². The minimum Gasteiger partial charge on any atom is -0.388 e. The Balaban J connectivity index is 2.14. The summed E-state index contributed by atoms with van der Waals surface area (Å²) in [6.07, 6.45) is 0. The highest BCUT2D eigenvalue weighted by Crippen LogP contribution is 2.27. The molecule has 18 heavy (non-hydrogen) atoms. The molecular weight excluding hydrogens is 277 g/mol. The fraction of sp³-hybridized carbons (Fsp3) is 0.273. The molecule has 0 radical (unpaired) electrons. The largest absolute Gasteiger partial charge is 0.388 e. The van der Waals surface area contributed by atoms with E-state index in [4.69, 9.17) is 16.7 Å². The van der Waals surface area contributed by atoms with Crippen LogP contribution in [-0.2, 0) is 19.4 Å². The van der Waals surface area contributed by atoms with Gasteiger partial charge in [-0.05, 0) is 12.1 Å². The van der Waals surface area contributed by atoms with Crippen LogP contribution >= 0.6 is 23.4 Å². The predicted octanol–water partition coefficient (Wildman–Crippen LogP) is 2.39. The average molecular weight is 288 g/mol. The Hall–Kier alpha value is -1.11. The van der Waals surface area contributed by atoms with E-state index in [0.29, 0.717) is 27.3 Å². The van der Waals surface area contributed by atoms with Gasteiger partial charge in [-0.1, -0.05) is 29.4 Å². The summed E-state index contributed by atoms with van der Waals surface area (Å²) in [6.45, 7) is -0.176. The topological polar surface area (TPSA) is 50.9 Å². The van der Waals surface area contributed by atoms with Crippen molar-refractivity contribution in [1.82, 2.24) is 14.8 Å². The quantitative estimate of drug-likeness (QED) is 0.877. The molecule has 96 valence electrons. The highest BCUT2D eigenvalue weighted by atomic mass is 35.5. The fourth-order valence-electron chi connectivity index (χ4n) is 1.42. The molecule has 0 saturated carbocycles. The van der Waals surface area contributed by atoms with Crippen LogP contribution in [-0.4, -0.2) is 19.9 Å². The first kappa shape index (κ1) is 13.3. The van der Waals surface area contributed by atoms with E-state index >= 15 is 0 Å². The lowest BCUT2D eigenvalue weighted by Gasteiger charge is -2.05. The number of nitrogens with zero attached hydrogens (tertiary/aromatic N) is 3. The van der Waals surface area contributed by atoms with E-state index in [-0.39, 0.29) is 12.4 Å². The molecule has 0 aliphatic heterocycles. The summed E-state index contributed by atoms with van der Waals surface area (Å²) in [6, 6.07) is 4.59. The average Bonchev–Trinajstić information content (AvgIpc) is 2.70. The fourth-order valence-corrected chi connectivity index (χ4v) is 2.69. The molecule has 0 spiro atoms. The lowest BCUT2D eigenvalue weighted by Crippen LogP contribution is -1.99.